The Bertz CT molecular complexity index is 161. The minimum atomic E-state index is -0.311. The first-order chi connectivity index (χ1) is 5.72. The monoisotopic (exact) mass is 172 g/mol. The summed E-state index contributed by atoms with van der Waals surface area (Å²) in [7, 11) is 0. The van der Waals surface area contributed by atoms with E-state index >= 15 is 0 Å². The van der Waals surface area contributed by atoms with E-state index in [1.807, 2.05) is 6.92 Å². The van der Waals surface area contributed by atoms with Crippen molar-refractivity contribution >= 4 is 5.97 Å². The largest absolute Gasteiger partial charge is 0.501 e. The molecule has 12 heavy (non-hydrogen) atoms. The number of carbonyl (C=O) groups excluding carboxylic acids is 1. The Morgan fingerprint density at radius 3 is 2.58 bits per heavy atom. The zero-order valence-electron chi connectivity index (χ0n) is 7.92. The van der Waals surface area contributed by atoms with Gasteiger partial charge in [-0.05, 0) is 20.3 Å². The van der Waals surface area contributed by atoms with Gasteiger partial charge >= 0.3 is 5.97 Å². The normalized spacial score (nSPS) is 11.1. The molecule has 0 aliphatic heterocycles. The molecule has 3 heteroatoms. The van der Waals surface area contributed by atoms with Gasteiger partial charge in [-0.2, -0.15) is 0 Å². The van der Waals surface area contributed by atoms with E-state index in [1.165, 1.54) is 6.26 Å². The third-order valence-corrected chi connectivity index (χ3v) is 1.18. The Morgan fingerprint density at radius 1 is 1.42 bits per heavy atom. The lowest BCUT2D eigenvalue weighted by molar-refractivity contribution is -0.138. The molecule has 0 unspecified atom stereocenters. The molecule has 0 fully saturated rings. The summed E-state index contributed by atoms with van der Waals surface area (Å²) in [6.45, 7) is 6.49. The van der Waals surface area contributed by atoms with E-state index in [0.29, 0.717) is 18.8 Å². The topological polar surface area (TPSA) is 35.5 Å². The van der Waals surface area contributed by atoms with Gasteiger partial charge in [-0.25, -0.2) is 4.79 Å². The van der Waals surface area contributed by atoms with Gasteiger partial charge in [-0.3, -0.25) is 0 Å². The highest BCUT2D eigenvalue weighted by Crippen LogP contribution is 1.97. The van der Waals surface area contributed by atoms with Crippen molar-refractivity contribution in [2.75, 3.05) is 13.2 Å². The van der Waals surface area contributed by atoms with E-state index in [9.17, 15) is 4.79 Å². The smallest absolute Gasteiger partial charge is 0.336 e. The van der Waals surface area contributed by atoms with Crippen molar-refractivity contribution in [3.8, 4) is 0 Å². The highest BCUT2D eigenvalue weighted by atomic mass is 16.5. The van der Waals surface area contributed by atoms with E-state index < -0.39 is 0 Å². The Labute approximate surface area is 73.4 Å². The van der Waals surface area contributed by atoms with Crippen molar-refractivity contribution < 1.29 is 14.3 Å². The third kappa shape index (κ3) is 4.77. The maximum absolute atomic E-state index is 11.0. The zero-order chi connectivity index (χ0) is 9.40. The first-order valence-corrected chi connectivity index (χ1v) is 4.17. The summed E-state index contributed by atoms with van der Waals surface area (Å²) in [4.78, 5) is 11.0. The van der Waals surface area contributed by atoms with Gasteiger partial charge in [0.15, 0.2) is 0 Å². The number of carbonyl (C=O) groups is 1. The minimum absolute atomic E-state index is 0.311. The number of hydrogen-bond acceptors (Lipinski definition) is 3. The number of esters is 1. The molecule has 0 radical (unpaired) electrons. The Balaban J connectivity index is 3.74. The Morgan fingerprint density at radius 2 is 2.08 bits per heavy atom. The van der Waals surface area contributed by atoms with Gasteiger partial charge < -0.3 is 9.47 Å². The Kier molecular flexibility index (Phi) is 6.15. The molecule has 0 aliphatic rings. The summed E-state index contributed by atoms with van der Waals surface area (Å²) in [5, 5.41) is 0. The molecule has 0 rings (SSSR count). The molecule has 0 spiro atoms. The summed E-state index contributed by atoms with van der Waals surface area (Å²) in [5.74, 6) is -0.311. The van der Waals surface area contributed by atoms with Gasteiger partial charge in [0.1, 0.15) is 0 Å². The fourth-order valence-corrected chi connectivity index (χ4v) is 0.595. The fraction of sp³-hybridized carbons (Fsp3) is 0.667. The van der Waals surface area contributed by atoms with Crippen molar-refractivity contribution in [3.05, 3.63) is 11.8 Å². The number of rotatable bonds is 5. The van der Waals surface area contributed by atoms with Crippen LogP contribution < -0.4 is 0 Å². The van der Waals surface area contributed by atoms with Crippen LogP contribution in [0.3, 0.4) is 0 Å². The molecule has 0 aromatic heterocycles. The minimum Gasteiger partial charge on any atom is -0.501 e. The lowest BCUT2D eigenvalue weighted by atomic mass is 10.3. The summed E-state index contributed by atoms with van der Waals surface area (Å²) in [6, 6.07) is 0. The van der Waals surface area contributed by atoms with Gasteiger partial charge in [0.25, 0.3) is 0 Å². The zero-order valence-corrected chi connectivity index (χ0v) is 7.92. The molecule has 0 bridgehead atoms. The van der Waals surface area contributed by atoms with Gasteiger partial charge in [0, 0.05) is 0 Å². The second kappa shape index (κ2) is 6.70. The molecule has 0 saturated carbocycles. The first-order valence-electron chi connectivity index (χ1n) is 4.17. The lowest BCUT2D eigenvalue weighted by Gasteiger charge is -2.01. The van der Waals surface area contributed by atoms with Crippen LogP contribution >= 0.6 is 0 Å². The molecule has 3 nitrogen and oxygen atoms in total. The average Bonchev–Trinajstić information content (AvgIpc) is 2.05. The van der Waals surface area contributed by atoms with E-state index in [4.69, 9.17) is 9.47 Å². The molecule has 0 heterocycles. The third-order valence-electron chi connectivity index (χ3n) is 1.18. The average molecular weight is 172 g/mol. The maximum atomic E-state index is 11.0. The second-order valence-corrected chi connectivity index (χ2v) is 2.39. The summed E-state index contributed by atoms with van der Waals surface area (Å²) in [6.07, 6.45) is 2.38. The van der Waals surface area contributed by atoms with E-state index in [0.717, 1.165) is 6.42 Å². The summed E-state index contributed by atoms with van der Waals surface area (Å²) in [5.41, 5.74) is 0.505. The lowest BCUT2D eigenvalue weighted by Crippen LogP contribution is -2.05. The molecule has 0 saturated heterocycles. The molecule has 0 aromatic carbocycles. The van der Waals surface area contributed by atoms with Gasteiger partial charge in [-0.1, -0.05) is 6.92 Å². The van der Waals surface area contributed by atoms with Gasteiger partial charge in [0.2, 0.25) is 0 Å². The van der Waals surface area contributed by atoms with Crippen LogP contribution in [0, 0.1) is 0 Å². The van der Waals surface area contributed by atoms with Crippen LogP contribution in [0.5, 0.6) is 0 Å². The predicted octanol–water partition coefficient (Wildman–Crippen LogP) is 1.88. The van der Waals surface area contributed by atoms with Crippen LogP contribution in [-0.4, -0.2) is 19.2 Å². The highest BCUT2D eigenvalue weighted by molar-refractivity contribution is 5.87. The van der Waals surface area contributed by atoms with Crippen molar-refractivity contribution in [1.29, 1.82) is 0 Å². The van der Waals surface area contributed by atoms with E-state index in [-0.39, 0.29) is 5.97 Å². The maximum Gasteiger partial charge on any atom is 0.336 e. The highest BCUT2D eigenvalue weighted by Gasteiger charge is 2.03. The number of ether oxygens (including phenoxy) is 2. The van der Waals surface area contributed by atoms with Gasteiger partial charge in [0.05, 0.1) is 25.0 Å². The van der Waals surface area contributed by atoms with Crippen molar-refractivity contribution in [2.45, 2.75) is 27.2 Å². The predicted molar refractivity (Wildman–Crippen MR) is 46.6 cm³/mol. The molecule has 0 aromatic rings. The summed E-state index contributed by atoms with van der Waals surface area (Å²) < 4.78 is 9.80. The summed E-state index contributed by atoms with van der Waals surface area (Å²) >= 11 is 0. The molecule has 0 N–H and O–H groups in total. The van der Waals surface area contributed by atoms with Crippen LogP contribution in [0.2, 0.25) is 0 Å². The standard InChI is InChI=1S/C9H16O3/c1-4-6-11-7-8(3)9(10)12-5-2/h7H,4-6H2,1-3H3. The molecule has 0 aliphatic carbocycles. The molecular weight excluding hydrogens is 156 g/mol. The van der Waals surface area contributed by atoms with Crippen molar-refractivity contribution in [1.82, 2.24) is 0 Å². The second-order valence-electron chi connectivity index (χ2n) is 2.39. The van der Waals surface area contributed by atoms with Crippen LogP contribution in [0.1, 0.15) is 27.2 Å². The van der Waals surface area contributed by atoms with E-state index in [2.05, 4.69) is 0 Å². The van der Waals surface area contributed by atoms with Gasteiger partial charge in [-0.15, -0.1) is 0 Å². The molecular formula is C9H16O3. The van der Waals surface area contributed by atoms with E-state index in [1.54, 1.807) is 13.8 Å². The van der Waals surface area contributed by atoms with Crippen molar-refractivity contribution in [3.63, 3.8) is 0 Å². The quantitative estimate of drug-likeness (QED) is 0.275. The van der Waals surface area contributed by atoms with Crippen LogP contribution in [0.25, 0.3) is 0 Å². The SMILES string of the molecule is CCCOC=C(C)C(=O)OCC. The molecule has 70 valence electrons. The molecule has 0 atom stereocenters. The van der Waals surface area contributed by atoms with Crippen molar-refractivity contribution in [2.24, 2.45) is 0 Å². The fourth-order valence-electron chi connectivity index (χ4n) is 0.595. The number of hydrogen-bond donors (Lipinski definition) is 0. The van der Waals surface area contributed by atoms with Crippen LogP contribution in [-0.2, 0) is 14.3 Å². The first kappa shape index (κ1) is 11.0. The van der Waals surface area contributed by atoms with Crippen LogP contribution in [0.4, 0.5) is 0 Å². The molecule has 0 amide bonds. The Hall–Kier alpha value is -0.990. The van der Waals surface area contributed by atoms with Crippen LogP contribution in [0.15, 0.2) is 11.8 Å².